The minimum Gasteiger partial charge on any atom is -0.381 e. The van der Waals surface area contributed by atoms with E-state index in [1.165, 1.54) is 0 Å². The molecule has 0 radical (unpaired) electrons. The summed E-state index contributed by atoms with van der Waals surface area (Å²) in [4.78, 5) is 28.3. The average Bonchev–Trinajstić information content (AvgIpc) is 2.87. The maximum absolute atomic E-state index is 12.6. The van der Waals surface area contributed by atoms with Gasteiger partial charge >= 0.3 is 6.03 Å². The number of ether oxygens (including phenoxy) is 1. The van der Waals surface area contributed by atoms with Crippen LogP contribution in [-0.4, -0.2) is 49.7 Å². The van der Waals surface area contributed by atoms with Crippen LogP contribution in [0.25, 0.3) is 0 Å². The number of anilines is 2. The number of nitrogens with one attached hydrogen (secondary N) is 1. The van der Waals surface area contributed by atoms with E-state index in [-0.39, 0.29) is 18.0 Å². The first kappa shape index (κ1) is 16.8. The molecule has 0 unspecified atom stereocenters. The molecule has 2 fully saturated rings. The van der Waals surface area contributed by atoms with Crippen molar-refractivity contribution in [3.63, 3.8) is 0 Å². The van der Waals surface area contributed by atoms with Crippen LogP contribution in [-0.2, 0) is 9.53 Å². The summed E-state index contributed by atoms with van der Waals surface area (Å²) >= 11 is 0. The number of rotatable bonds is 3. The zero-order valence-electron chi connectivity index (χ0n) is 14.2. The number of carbonyl (C=O) groups is 2. The predicted octanol–water partition coefficient (Wildman–Crippen LogP) is 2.85. The molecule has 130 valence electrons. The number of hydrogen-bond acceptors (Lipinski definition) is 3. The zero-order chi connectivity index (χ0) is 16.9. The van der Waals surface area contributed by atoms with Gasteiger partial charge in [-0.1, -0.05) is 12.1 Å². The number of nitrogens with zero attached hydrogens (tertiary/aromatic N) is 2. The monoisotopic (exact) mass is 331 g/mol. The van der Waals surface area contributed by atoms with Crippen LogP contribution in [0, 0.1) is 0 Å². The first-order chi connectivity index (χ1) is 11.7. The molecule has 2 saturated heterocycles. The summed E-state index contributed by atoms with van der Waals surface area (Å²) in [6.45, 7) is 2.14. The number of likely N-dealkylation sites (tertiary alicyclic amines) is 1. The zero-order valence-corrected chi connectivity index (χ0v) is 14.2. The van der Waals surface area contributed by atoms with E-state index in [4.69, 9.17) is 4.74 Å². The quantitative estimate of drug-likeness (QED) is 0.926. The molecule has 24 heavy (non-hydrogen) atoms. The molecule has 0 spiro atoms. The second-order valence-electron chi connectivity index (χ2n) is 6.37. The van der Waals surface area contributed by atoms with Gasteiger partial charge < -0.3 is 19.9 Å². The van der Waals surface area contributed by atoms with Crippen LogP contribution in [0.4, 0.5) is 16.2 Å². The fraction of sp³-hybridized carbons (Fsp3) is 0.556. The van der Waals surface area contributed by atoms with Gasteiger partial charge in [-0.15, -0.1) is 0 Å². The number of carbonyl (C=O) groups excluding carboxylic acids is 2. The summed E-state index contributed by atoms with van der Waals surface area (Å²) in [7, 11) is 1.73. The lowest BCUT2D eigenvalue weighted by atomic mass is 10.2. The summed E-state index contributed by atoms with van der Waals surface area (Å²) in [5.41, 5.74) is 1.49. The van der Waals surface area contributed by atoms with Gasteiger partial charge in [-0.05, 0) is 37.8 Å². The molecule has 2 heterocycles. The van der Waals surface area contributed by atoms with Crippen molar-refractivity contribution in [3.05, 3.63) is 24.3 Å². The van der Waals surface area contributed by atoms with Gasteiger partial charge in [-0.2, -0.15) is 0 Å². The standard InChI is InChI=1S/C18H25N3O3/c1-24-14-6-4-11-20(13-10-14)18(23)19-15-7-2-3-8-16(15)21-12-5-9-17(21)22/h2-3,7-8,14H,4-6,9-13H2,1H3,(H,19,23)/t14-/m0/s1. The van der Waals surface area contributed by atoms with E-state index < -0.39 is 0 Å². The van der Waals surface area contributed by atoms with Gasteiger partial charge in [0.1, 0.15) is 0 Å². The van der Waals surface area contributed by atoms with E-state index >= 15 is 0 Å². The number of hydrogen-bond donors (Lipinski definition) is 1. The highest BCUT2D eigenvalue weighted by Crippen LogP contribution is 2.29. The van der Waals surface area contributed by atoms with Gasteiger partial charge in [0.05, 0.1) is 17.5 Å². The third-order valence-electron chi connectivity index (χ3n) is 4.81. The second kappa shape index (κ2) is 7.66. The Labute approximate surface area is 142 Å². The van der Waals surface area contributed by atoms with E-state index in [2.05, 4.69) is 5.32 Å². The van der Waals surface area contributed by atoms with Crippen molar-refractivity contribution in [2.75, 3.05) is 37.0 Å². The SMILES string of the molecule is CO[C@H]1CCCN(C(=O)Nc2ccccc2N2CCCC2=O)CC1. The molecule has 1 aromatic carbocycles. The Morgan fingerprint density at radius 3 is 2.75 bits per heavy atom. The van der Waals surface area contributed by atoms with Crippen molar-refractivity contribution in [3.8, 4) is 0 Å². The van der Waals surface area contributed by atoms with Gasteiger partial charge in [-0.25, -0.2) is 4.79 Å². The molecule has 0 saturated carbocycles. The number of benzene rings is 1. The van der Waals surface area contributed by atoms with E-state index in [1.54, 1.807) is 12.0 Å². The molecular weight excluding hydrogens is 306 g/mol. The molecule has 6 heteroatoms. The van der Waals surface area contributed by atoms with Crippen molar-refractivity contribution in [2.24, 2.45) is 0 Å². The third-order valence-corrected chi connectivity index (χ3v) is 4.81. The summed E-state index contributed by atoms with van der Waals surface area (Å²) in [6, 6.07) is 7.41. The summed E-state index contributed by atoms with van der Waals surface area (Å²) in [6.07, 6.45) is 4.46. The minimum absolute atomic E-state index is 0.106. The molecular formula is C18H25N3O3. The molecule has 0 bridgehead atoms. The van der Waals surface area contributed by atoms with Gasteiger partial charge in [-0.3, -0.25) is 4.79 Å². The van der Waals surface area contributed by atoms with Crippen molar-refractivity contribution >= 4 is 23.3 Å². The Balaban J connectivity index is 1.69. The largest absolute Gasteiger partial charge is 0.381 e. The molecule has 0 aromatic heterocycles. The Morgan fingerprint density at radius 1 is 1.17 bits per heavy atom. The smallest absolute Gasteiger partial charge is 0.321 e. The molecule has 2 aliphatic rings. The normalized spacial score (nSPS) is 21.7. The maximum Gasteiger partial charge on any atom is 0.321 e. The number of amides is 3. The Bertz CT molecular complexity index is 605. The molecule has 3 rings (SSSR count). The second-order valence-corrected chi connectivity index (χ2v) is 6.37. The average molecular weight is 331 g/mol. The van der Waals surface area contributed by atoms with Crippen LogP contribution in [0.5, 0.6) is 0 Å². The number of para-hydroxylation sites is 2. The summed E-state index contributed by atoms with van der Waals surface area (Å²) < 4.78 is 5.41. The molecule has 0 aliphatic carbocycles. The lowest BCUT2D eigenvalue weighted by molar-refractivity contribution is -0.117. The lowest BCUT2D eigenvalue weighted by Gasteiger charge is -2.24. The van der Waals surface area contributed by atoms with Crippen LogP contribution in [0.15, 0.2) is 24.3 Å². The van der Waals surface area contributed by atoms with Crippen molar-refractivity contribution in [1.29, 1.82) is 0 Å². The first-order valence-corrected chi connectivity index (χ1v) is 8.67. The minimum atomic E-state index is -0.106. The van der Waals surface area contributed by atoms with Crippen molar-refractivity contribution in [2.45, 2.75) is 38.2 Å². The number of urea groups is 1. The van der Waals surface area contributed by atoms with Crippen molar-refractivity contribution < 1.29 is 14.3 Å². The third kappa shape index (κ3) is 3.70. The molecule has 1 aromatic rings. The Hall–Kier alpha value is -2.08. The topological polar surface area (TPSA) is 61.9 Å². The van der Waals surface area contributed by atoms with Crippen LogP contribution in [0.3, 0.4) is 0 Å². The predicted molar refractivity (Wildman–Crippen MR) is 93.3 cm³/mol. The Kier molecular flexibility index (Phi) is 5.35. The summed E-state index contributed by atoms with van der Waals surface area (Å²) in [5.74, 6) is 0.120. The molecule has 3 amide bonds. The lowest BCUT2D eigenvalue weighted by Crippen LogP contribution is -2.36. The van der Waals surface area contributed by atoms with E-state index in [0.717, 1.165) is 37.9 Å². The van der Waals surface area contributed by atoms with Gasteiger partial charge in [0.2, 0.25) is 5.91 Å². The maximum atomic E-state index is 12.6. The van der Waals surface area contributed by atoms with Gasteiger partial charge in [0, 0.05) is 33.2 Å². The van der Waals surface area contributed by atoms with Crippen LogP contribution in [0.1, 0.15) is 32.1 Å². The van der Waals surface area contributed by atoms with Crippen LogP contribution < -0.4 is 10.2 Å². The fourth-order valence-electron chi connectivity index (χ4n) is 3.42. The van der Waals surface area contributed by atoms with E-state index in [9.17, 15) is 9.59 Å². The Morgan fingerprint density at radius 2 is 2.00 bits per heavy atom. The molecule has 6 nitrogen and oxygen atoms in total. The molecule has 1 atom stereocenters. The fourth-order valence-corrected chi connectivity index (χ4v) is 3.42. The van der Waals surface area contributed by atoms with Gasteiger partial charge in [0.25, 0.3) is 0 Å². The number of methoxy groups -OCH3 is 1. The highest BCUT2D eigenvalue weighted by Gasteiger charge is 2.25. The van der Waals surface area contributed by atoms with Crippen LogP contribution in [0.2, 0.25) is 0 Å². The van der Waals surface area contributed by atoms with E-state index in [1.807, 2.05) is 29.2 Å². The van der Waals surface area contributed by atoms with Gasteiger partial charge in [0.15, 0.2) is 0 Å². The van der Waals surface area contributed by atoms with Crippen LogP contribution >= 0.6 is 0 Å². The first-order valence-electron chi connectivity index (χ1n) is 8.67. The van der Waals surface area contributed by atoms with E-state index in [0.29, 0.717) is 25.2 Å². The molecule has 1 N–H and O–H groups in total. The summed E-state index contributed by atoms with van der Waals surface area (Å²) in [5, 5.41) is 2.99. The highest BCUT2D eigenvalue weighted by atomic mass is 16.5. The van der Waals surface area contributed by atoms with Crippen molar-refractivity contribution in [1.82, 2.24) is 4.90 Å². The molecule has 2 aliphatic heterocycles. The highest BCUT2D eigenvalue weighted by molar-refractivity contribution is 6.01.